The largest absolute Gasteiger partial charge is 0.303 e. The van der Waals surface area contributed by atoms with Crippen LogP contribution in [0, 0.1) is 11.2 Å². The molecule has 0 saturated heterocycles. The zero-order chi connectivity index (χ0) is 29.6. The van der Waals surface area contributed by atoms with Crippen molar-refractivity contribution in [3.8, 4) is 0 Å². The van der Waals surface area contributed by atoms with E-state index in [1.165, 1.54) is 20.9 Å². The van der Waals surface area contributed by atoms with Crippen molar-refractivity contribution >= 4 is 17.5 Å². The third kappa shape index (κ3) is 8.24. The fourth-order valence-electron chi connectivity index (χ4n) is 6.51. The topological polar surface area (TPSA) is 23.6 Å². The van der Waals surface area contributed by atoms with Crippen LogP contribution >= 0.6 is 0 Å². The van der Waals surface area contributed by atoms with Gasteiger partial charge in [-0.2, -0.15) is 0 Å². The molecule has 2 aromatic carbocycles. The van der Waals surface area contributed by atoms with Gasteiger partial charge in [0.2, 0.25) is 0 Å². The van der Waals surface area contributed by atoms with Crippen molar-refractivity contribution < 1.29 is 18.1 Å². The molecule has 0 bridgehead atoms. The number of unbranched alkanes of at least 4 members (excludes halogenated alkanes) is 5. The van der Waals surface area contributed by atoms with Crippen LogP contribution in [0.5, 0.6) is 0 Å². The van der Waals surface area contributed by atoms with Gasteiger partial charge in [-0.05, 0) is 93.7 Å². The SMILES string of the molecule is CC1=C(c2ccccc2)CCN(CC(C)(C)F)C1c1c(F)cc(CCCCCCCCC2(C=O)CC2)cc1N(C)F. The van der Waals surface area contributed by atoms with Gasteiger partial charge in [-0.25, -0.2) is 13.9 Å². The van der Waals surface area contributed by atoms with Crippen LogP contribution < -0.4 is 5.12 Å². The van der Waals surface area contributed by atoms with E-state index in [-0.39, 0.29) is 23.2 Å². The number of aryl methyl sites for hydroxylation is 1. The Hall–Kier alpha value is -2.60. The number of halogens is 3. The molecule has 2 aliphatic rings. The Labute approximate surface area is 244 Å². The van der Waals surface area contributed by atoms with Crippen LogP contribution in [-0.2, 0) is 11.2 Å². The molecule has 0 amide bonds. The van der Waals surface area contributed by atoms with E-state index >= 15 is 8.87 Å². The van der Waals surface area contributed by atoms with E-state index in [4.69, 9.17) is 0 Å². The average Bonchev–Trinajstić information content (AvgIpc) is 3.71. The zero-order valence-corrected chi connectivity index (χ0v) is 25.3. The predicted octanol–water partition coefficient (Wildman–Crippen LogP) is 9.37. The third-order valence-electron chi connectivity index (χ3n) is 8.91. The number of rotatable bonds is 15. The summed E-state index contributed by atoms with van der Waals surface area (Å²) in [5.41, 5.74) is 2.91. The van der Waals surface area contributed by atoms with Crippen LogP contribution in [0.25, 0.3) is 5.57 Å². The Bertz CT molecular complexity index is 1200. The van der Waals surface area contributed by atoms with E-state index < -0.39 is 17.5 Å². The highest BCUT2D eigenvalue weighted by molar-refractivity contribution is 5.72. The number of carbonyl (C=O) groups excluding carboxylic acids is 1. The smallest absolute Gasteiger partial charge is 0.130 e. The lowest BCUT2D eigenvalue weighted by atomic mass is 9.84. The molecular formula is C35H47F3N2O. The first-order valence-electron chi connectivity index (χ1n) is 15.4. The van der Waals surface area contributed by atoms with Crippen LogP contribution in [0.15, 0.2) is 48.0 Å². The lowest BCUT2D eigenvalue weighted by Gasteiger charge is -2.41. The first kappa shape index (κ1) is 31.3. The first-order chi connectivity index (χ1) is 19.5. The number of carbonyl (C=O) groups is 1. The molecule has 0 N–H and O–H groups in total. The van der Waals surface area contributed by atoms with Crippen molar-refractivity contribution in [2.45, 2.75) is 103 Å². The highest BCUT2D eigenvalue weighted by Gasteiger charge is 2.41. The van der Waals surface area contributed by atoms with Gasteiger partial charge in [-0.15, -0.1) is 4.48 Å². The summed E-state index contributed by atoms with van der Waals surface area (Å²) in [7, 11) is 1.31. The molecule has 1 heterocycles. The Morgan fingerprint density at radius 2 is 1.71 bits per heavy atom. The predicted molar refractivity (Wildman–Crippen MR) is 163 cm³/mol. The van der Waals surface area contributed by atoms with E-state index in [9.17, 15) is 9.18 Å². The molecule has 1 aliphatic carbocycles. The van der Waals surface area contributed by atoms with Gasteiger partial charge in [-0.3, -0.25) is 4.90 Å². The fraction of sp³-hybridized carbons (Fsp3) is 0.571. The second kappa shape index (κ2) is 13.6. The second-order valence-electron chi connectivity index (χ2n) is 13.0. The normalized spacial score (nSPS) is 19.0. The van der Waals surface area contributed by atoms with Crippen molar-refractivity contribution in [2.75, 3.05) is 25.3 Å². The Morgan fingerprint density at radius 1 is 1.05 bits per heavy atom. The third-order valence-corrected chi connectivity index (χ3v) is 8.91. The molecule has 0 spiro atoms. The Balaban J connectivity index is 1.49. The number of aldehydes is 1. The van der Waals surface area contributed by atoms with Gasteiger partial charge < -0.3 is 4.79 Å². The molecule has 41 heavy (non-hydrogen) atoms. The minimum absolute atomic E-state index is 0.00566. The van der Waals surface area contributed by atoms with Gasteiger partial charge in [0, 0.05) is 31.1 Å². The molecule has 1 aliphatic heterocycles. The van der Waals surface area contributed by atoms with Crippen LogP contribution in [0.3, 0.4) is 0 Å². The van der Waals surface area contributed by atoms with Crippen molar-refractivity contribution in [3.63, 3.8) is 0 Å². The summed E-state index contributed by atoms with van der Waals surface area (Å²) in [6.07, 6.45) is 12.1. The lowest BCUT2D eigenvalue weighted by molar-refractivity contribution is -0.112. The minimum atomic E-state index is -1.48. The summed E-state index contributed by atoms with van der Waals surface area (Å²) >= 11 is 0. The van der Waals surface area contributed by atoms with Gasteiger partial charge in [0.1, 0.15) is 17.8 Å². The average molecular weight is 569 g/mol. The molecule has 3 nitrogen and oxygen atoms in total. The maximum Gasteiger partial charge on any atom is 0.130 e. The second-order valence-corrected chi connectivity index (χ2v) is 13.0. The summed E-state index contributed by atoms with van der Waals surface area (Å²) in [4.78, 5) is 13.1. The highest BCUT2D eigenvalue weighted by atomic mass is 19.2. The summed E-state index contributed by atoms with van der Waals surface area (Å²) < 4.78 is 46.0. The van der Waals surface area contributed by atoms with Crippen LogP contribution in [0.1, 0.15) is 108 Å². The molecular weight excluding hydrogens is 521 g/mol. The van der Waals surface area contributed by atoms with Gasteiger partial charge >= 0.3 is 0 Å². The molecule has 2 aromatic rings. The number of alkyl halides is 1. The van der Waals surface area contributed by atoms with E-state index in [0.717, 1.165) is 92.8 Å². The molecule has 0 aromatic heterocycles. The molecule has 0 radical (unpaired) electrons. The fourth-order valence-corrected chi connectivity index (χ4v) is 6.51. The molecule has 4 rings (SSSR count). The van der Waals surface area contributed by atoms with Gasteiger partial charge in [-0.1, -0.05) is 62.4 Å². The molecule has 1 atom stereocenters. The lowest BCUT2D eigenvalue weighted by Crippen LogP contribution is -2.42. The van der Waals surface area contributed by atoms with Crippen LogP contribution in [0.2, 0.25) is 0 Å². The van der Waals surface area contributed by atoms with Gasteiger partial charge in [0.05, 0.1) is 11.7 Å². The quantitative estimate of drug-likeness (QED) is 0.121. The molecule has 6 heteroatoms. The number of anilines is 1. The van der Waals surface area contributed by atoms with Crippen molar-refractivity contribution in [1.29, 1.82) is 0 Å². The van der Waals surface area contributed by atoms with Crippen molar-refractivity contribution in [3.05, 3.63) is 70.5 Å². The number of hydrogen-bond acceptors (Lipinski definition) is 3. The number of nitrogens with zero attached hydrogens (tertiary/aromatic N) is 2. The maximum atomic E-state index is 16.0. The zero-order valence-electron chi connectivity index (χ0n) is 25.3. The standard InChI is InChI=1S/C35H47F3N2O/c1-26-29(28-15-11-9-12-16-28)17-21-40(24-34(2,3)37)33(26)32-30(36)22-27(23-31(32)39(4)38)14-10-7-5-6-8-13-18-35(25-41)19-20-35/h9,11-12,15-16,22-23,25,33H,5-8,10,13-14,17-21,24H2,1-4H3. The Morgan fingerprint density at radius 3 is 2.32 bits per heavy atom. The summed E-state index contributed by atoms with van der Waals surface area (Å²) in [6, 6.07) is 12.8. The summed E-state index contributed by atoms with van der Waals surface area (Å²) in [5, 5.41) is 0.511. The van der Waals surface area contributed by atoms with Gasteiger partial charge in [0.15, 0.2) is 0 Å². The van der Waals surface area contributed by atoms with E-state index in [1.807, 2.05) is 42.2 Å². The van der Waals surface area contributed by atoms with Gasteiger partial charge in [0.25, 0.3) is 0 Å². The Kier molecular flexibility index (Phi) is 10.4. The monoisotopic (exact) mass is 568 g/mol. The first-order valence-corrected chi connectivity index (χ1v) is 15.4. The molecule has 1 unspecified atom stereocenters. The van der Waals surface area contributed by atoms with E-state index in [1.54, 1.807) is 12.1 Å². The van der Waals surface area contributed by atoms with Crippen LogP contribution in [-0.4, -0.2) is 37.0 Å². The summed E-state index contributed by atoms with van der Waals surface area (Å²) in [6.45, 7) is 5.73. The van der Waals surface area contributed by atoms with Crippen LogP contribution in [0.4, 0.5) is 18.9 Å². The van der Waals surface area contributed by atoms with E-state index in [2.05, 4.69) is 0 Å². The molecule has 1 saturated carbocycles. The number of benzene rings is 2. The van der Waals surface area contributed by atoms with Crippen molar-refractivity contribution in [2.24, 2.45) is 5.41 Å². The maximum absolute atomic E-state index is 16.0. The summed E-state index contributed by atoms with van der Waals surface area (Å²) in [5.74, 6) is -0.438. The van der Waals surface area contributed by atoms with E-state index in [0.29, 0.717) is 18.1 Å². The minimum Gasteiger partial charge on any atom is -0.303 e. The van der Waals surface area contributed by atoms with Crippen molar-refractivity contribution in [1.82, 2.24) is 4.90 Å². The molecule has 224 valence electrons. The highest BCUT2D eigenvalue weighted by Crippen LogP contribution is 2.48. The molecule has 1 fully saturated rings. The number of hydrogen-bond donors (Lipinski definition) is 0.